The minimum absolute atomic E-state index is 0.00492. The first-order valence-electron chi connectivity index (χ1n) is 6.64. The number of hydrogen-bond acceptors (Lipinski definition) is 3. The zero-order chi connectivity index (χ0) is 15.6. The van der Waals surface area contributed by atoms with Crippen LogP contribution in [0.1, 0.15) is 30.0 Å². The van der Waals surface area contributed by atoms with Gasteiger partial charge in [0, 0.05) is 17.0 Å². The number of carbonyl (C=O) groups is 2. The molecule has 0 bridgehead atoms. The first kappa shape index (κ1) is 15.0. The third kappa shape index (κ3) is 3.39. The molecule has 1 aromatic carbocycles. The molecule has 0 saturated heterocycles. The summed E-state index contributed by atoms with van der Waals surface area (Å²) in [4.78, 5) is 23.5. The van der Waals surface area contributed by atoms with E-state index >= 15 is 0 Å². The van der Waals surface area contributed by atoms with Gasteiger partial charge >= 0.3 is 0 Å². The molecule has 0 aliphatic rings. The number of amides is 2. The predicted molar refractivity (Wildman–Crippen MR) is 76.5 cm³/mol. The van der Waals surface area contributed by atoms with Crippen LogP contribution in [0.5, 0.6) is 0 Å². The summed E-state index contributed by atoms with van der Waals surface area (Å²) in [5, 5.41) is 5.69. The predicted octanol–water partition coefficient (Wildman–Crippen LogP) is 2.13. The Labute approximate surface area is 121 Å². The van der Waals surface area contributed by atoms with Crippen molar-refractivity contribution in [3.63, 3.8) is 0 Å². The lowest BCUT2D eigenvalue weighted by Gasteiger charge is -2.08. The Morgan fingerprint density at radius 1 is 1.33 bits per heavy atom. The van der Waals surface area contributed by atoms with Crippen LogP contribution in [0.3, 0.4) is 0 Å². The van der Waals surface area contributed by atoms with Gasteiger partial charge in [0.1, 0.15) is 11.4 Å². The summed E-state index contributed by atoms with van der Waals surface area (Å²) < 4.78 is 18.6. The molecule has 0 spiro atoms. The highest BCUT2D eigenvalue weighted by atomic mass is 19.1. The summed E-state index contributed by atoms with van der Waals surface area (Å²) in [6, 6.07) is 4.06. The average molecular weight is 292 g/mol. The molecular weight excluding hydrogens is 275 g/mol. The Balaban J connectivity index is 2.13. The highest BCUT2D eigenvalue weighted by Crippen LogP contribution is 2.25. The first-order valence-corrected chi connectivity index (χ1v) is 6.64. The molecule has 0 fully saturated rings. The summed E-state index contributed by atoms with van der Waals surface area (Å²) in [5.41, 5.74) is 0.983. The topological polar surface area (TPSA) is 71.3 Å². The van der Waals surface area contributed by atoms with Crippen molar-refractivity contribution in [3.8, 4) is 0 Å². The van der Waals surface area contributed by atoms with Gasteiger partial charge in [-0.3, -0.25) is 9.59 Å². The summed E-state index contributed by atoms with van der Waals surface area (Å²) >= 11 is 0. The smallest absolute Gasteiger partial charge is 0.287 e. The van der Waals surface area contributed by atoms with Gasteiger partial charge in [0.15, 0.2) is 5.76 Å². The van der Waals surface area contributed by atoms with E-state index in [1.807, 2.05) is 13.8 Å². The van der Waals surface area contributed by atoms with E-state index in [9.17, 15) is 14.0 Å². The maximum atomic E-state index is 13.2. The molecule has 21 heavy (non-hydrogen) atoms. The summed E-state index contributed by atoms with van der Waals surface area (Å²) in [6.07, 6.45) is 0. The second-order valence-corrected chi connectivity index (χ2v) is 5.10. The van der Waals surface area contributed by atoms with E-state index in [4.69, 9.17) is 4.42 Å². The van der Waals surface area contributed by atoms with Gasteiger partial charge in [0.25, 0.3) is 5.91 Å². The van der Waals surface area contributed by atoms with Crippen LogP contribution in [0.2, 0.25) is 0 Å². The number of benzene rings is 1. The zero-order valence-corrected chi connectivity index (χ0v) is 12.1. The van der Waals surface area contributed by atoms with Gasteiger partial charge in [-0.2, -0.15) is 0 Å². The minimum atomic E-state index is -0.497. The monoisotopic (exact) mass is 292 g/mol. The van der Waals surface area contributed by atoms with Crippen LogP contribution in [0.4, 0.5) is 4.39 Å². The van der Waals surface area contributed by atoms with Crippen molar-refractivity contribution in [2.75, 3.05) is 6.54 Å². The number of aryl methyl sites for hydroxylation is 1. The second-order valence-electron chi connectivity index (χ2n) is 5.10. The van der Waals surface area contributed by atoms with Gasteiger partial charge in [-0.25, -0.2) is 4.39 Å². The highest BCUT2D eigenvalue weighted by Gasteiger charge is 2.18. The first-order chi connectivity index (χ1) is 9.88. The summed E-state index contributed by atoms with van der Waals surface area (Å²) in [7, 11) is 0. The fourth-order valence-electron chi connectivity index (χ4n) is 2.02. The van der Waals surface area contributed by atoms with Crippen LogP contribution in [0, 0.1) is 12.7 Å². The fraction of sp³-hybridized carbons (Fsp3) is 0.333. The molecular formula is C15H17FN2O3. The Kier molecular flexibility index (Phi) is 4.26. The fourth-order valence-corrected chi connectivity index (χ4v) is 2.02. The van der Waals surface area contributed by atoms with Crippen LogP contribution in [0.15, 0.2) is 22.6 Å². The Morgan fingerprint density at radius 3 is 2.71 bits per heavy atom. The van der Waals surface area contributed by atoms with Crippen LogP contribution < -0.4 is 10.6 Å². The third-order valence-corrected chi connectivity index (χ3v) is 2.96. The van der Waals surface area contributed by atoms with E-state index in [1.165, 1.54) is 18.2 Å². The van der Waals surface area contributed by atoms with Crippen molar-refractivity contribution in [2.24, 2.45) is 0 Å². The molecule has 5 nitrogen and oxygen atoms in total. The standard InChI is InChI=1S/C15H17FN2O3/c1-8(2)18-13(19)7-17-15(20)14-9(3)11-6-10(16)4-5-12(11)21-14/h4-6,8H,7H2,1-3H3,(H,17,20)(H,18,19). The molecule has 1 heterocycles. The minimum Gasteiger partial charge on any atom is -0.451 e. The molecule has 0 aliphatic carbocycles. The van der Waals surface area contributed by atoms with Crippen LogP contribution in [0.25, 0.3) is 11.0 Å². The van der Waals surface area contributed by atoms with Crippen molar-refractivity contribution < 1.29 is 18.4 Å². The largest absolute Gasteiger partial charge is 0.451 e. The Bertz CT molecular complexity index is 692. The normalized spacial score (nSPS) is 10.9. The van der Waals surface area contributed by atoms with Crippen LogP contribution in [-0.2, 0) is 4.79 Å². The average Bonchev–Trinajstić information content (AvgIpc) is 2.73. The van der Waals surface area contributed by atoms with Crippen LogP contribution >= 0.6 is 0 Å². The van der Waals surface area contributed by atoms with E-state index in [1.54, 1.807) is 6.92 Å². The number of furan rings is 1. The molecule has 6 heteroatoms. The van der Waals surface area contributed by atoms with Gasteiger partial charge in [0.05, 0.1) is 6.54 Å². The lowest BCUT2D eigenvalue weighted by molar-refractivity contribution is -0.120. The molecule has 0 saturated carbocycles. The van der Waals surface area contributed by atoms with Crippen molar-refractivity contribution in [3.05, 3.63) is 35.3 Å². The lowest BCUT2D eigenvalue weighted by Crippen LogP contribution is -2.39. The molecule has 0 radical (unpaired) electrons. The number of nitrogens with one attached hydrogen (secondary N) is 2. The van der Waals surface area contributed by atoms with E-state index in [-0.39, 0.29) is 24.3 Å². The molecule has 0 aliphatic heterocycles. The van der Waals surface area contributed by atoms with Crippen molar-refractivity contribution in [2.45, 2.75) is 26.8 Å². The SMILES string of the molecule is Cc1c(C(=O)NCC(=O)NC(C)C)oc2ccc(F)cc12. The highest BCUT2D eigenvalue weighted by molar-refractivity contribution is 6.00. The zero-order valence-electron chi connectivity index (χ0n) is 12.1. The van der Waals surface area contributed by atoms with E-state index in [0.29, 0.717) is 16.5 Å². The number of rotatable bonds is 4. The molecule has 2 rings (SSSR count). The van der Waals surface area contributed by atoms with Crippen LogP contribution in [-0.4, -0.2) is 24.4 Å². The van der Waals surface area contributed by atoms with E-state index in [0.717, 1.165) is 0 Å². The molecule has 112 valence electrons. The molecule has 0 unspecified atom stereocenters. The maximum Gasteiger partial charge on any atom is 0.287 e. The molecule has 1 aromatic heterocycles. The maximum absolute atomic E-state index is 13.2. The second kappa shape index (κ2) is 5.95. The molecule has 2 amide bonds. The molecule has 2 N–H and O–H groups in total. The lowest BCUT2D eigenvalue weighted by atomic mass is 10.1. The number of hydrogen-bond donors (Lipinski definition) is 2. The van der Waals surface area contributed by atoms with Gasteiger partial charge < -0.3 is 15.1 Å². The number of carbonyl (C=O) groups excluding carboxylic acids is 2. The van der Waals surface area contributed by atoms with Crippen molar-refractivity contribution in [1.82, 2.24) is 10.6 Å². The van der Waals surface area contributed by atoms with Crippen molar-refractivity contribution in [1.29, 1.82) is 0 Å². The summed E-state index contributed by atoms with van der Waals surface area (Å²) in [5.74, 6) is -1.08. The Hall–Kier alpha value is -2.37. The number of fused-ring (bicyclic) bond motifs is 1. The van der Waals surface area contributed by atoms with Gasteiger partial charge in [0.2, 0.25) is 5.91 Å². The van der Waals surface area contributed by atoms with Gasteiger partial charge in [-0.05, 0) is 39.0 Å². The van der Waals surface area contributed by atoms with E-state index in [2.05, 4.69) is 10.6 Å². The third-order valence-electron chi connectivity index (χ3n) is 2.96. The van der Waals surface area contributed by atoms with E-state index < -0.39 is 11.7 Å². The molecule has 0 atom stereocenters. The quantitative estimate of drug-likeness (QED) is 0.907. The summed E-state index contributed by atoms with van der Waals surface area (Å²) in [6.45, 7) is 5.20. The number of halogens is 1. The van der Waals surface area contributed by atoms with Crippen molar-refractivity contribution >= 4 is 22.8 Å². The molecule has 2 aromatic rings. The van der Waals surface area contributed by atoms with Gasteiger partial charge in [-0.1, -0.05) is 0 Å². The van der Waals surface area contributed by atoms with Gasteiger partial charge in [-0.15, -0.1) is 0 Å². The Morgan fingerprint density at radius 2 is 2.05 bits per heavy atom.